The predicted octanol–water partition coefficient (Wildman–Crippen LogP) is 1.04. The molecule has 0 aliphatic carbocycles. The van der Waals surface area contributed by atoms with Crippen molar-refractivity contribution in [2.45, 2.75) is 19.4 Å². The Hall–Kier alpha value is -0.961. The molecule has 0 saturated heterocycles. The molecule has 0 amide bonds. The Morgan fingerprint density at radius 1 is 1.29 bits per heavy atom. The zero-order valence-electron chi connectivity index (χ0n) is 9.60. The number of hydrogen-bond acceptors (Lipinski definition) is 3. The fourth-order valence-electron chi connectivity index (χ4n) is 2.34. The van der Waals surface area contributed by atoms with Crippen LogP contribution >= 0.6 is 0 Å². The summed E-state index contributed by atoms with van der Waals surface area (Å²) in [7, 11) is 0. The van der Waals surface area contributed by atoms with Gasteiger partial charge >= 0.3 is 107 Å². The maximum atomic E-state index is 4.30. The molecule has 4 heteroatoms. The SMILES string of the molecule is c1ccc(CC2CNCc3[se]nnc3C2)cc1. The van der Waals surface area contributed by atoms with Gasteiger partial charge in [0.25, 0.3) is 0 Å². The molecule has 2 aromatic rings. The molecular weight excluding hydrogens is 277 g/mol. The second kappa shape index (κ2) is 5.13. The van der Waals surface area contributed by atoms with E-state index in [0.717, 1.165) is 25.9 Å². The van der Waals surface area contributed by atoms with E-state index in [2.05, 4.69) is 44.8 Å². The summed E-state index contributed by atoms with van der Waals surface area (Å²) in [5.41, 5.74) is 2.68. The number of nitrogens with one attached hydrogen (secondary N) is 1. The third kappa shape index (κ3) is 2.65. The van der Waals surface area contributed by atoms with E-state index in [1.165, 1.54) is 15.7 Å². The zero-order chi connectivity index (χ0) is 11.5. The van der Waals surface area contributed by atoms with E-state index < -0.39 is 0 Å². The van der Waals surface area contributed by atoms with Crippen LogP contribution in [0, 0.1) is 5.92 Å². The first-order chi connectivity index (χ1) is 8.42. The molecule has 0 fully saturated rings. The van der Waals surface area contributed by atoms with Gasteiger partial charge in [-0.15, -0.1) is 0 Å². The molecule has 0 bridgehead atoms. The first-order valence-electron chi connectivity index (χ1n) is 5.96. The van der Waals surface area contributed by atoms with Crippen LogP contribution in [0.1, 0.15) is 15.7 Å². The summed E-state index contributed by atoms with van der Waals surface area (Å²) >= 11 is 0.268. The van der Waals surface area contributed by atoms with E-state index in [4.69, 9.17) is 0 Å². The summed E-state index contributed by atoms with van der Waals surface area (Å²) in [5.74, 6) is 0.651. The molecule has 0 spiro atoms. The molecule has 1 aliphatic heterocycles. The Morgan fingerprint density at radius 2 is 2.18 bits per heavy atom. The van der Waals surface area contributed by atoms with Crippen molar-refractivity contribution < 1.29 is 0 Å². The average Bonchev–Trinajstić information content (AvgIpc) is 2.70. The van der Waals surface area contributed by atoms with Crippen molar-refractivity contribution in [2.24, 2.45) is 5.92 Å². The van der Waals surface area contributed by atoms with E-state index in [-0.39, 0.29) is 14.7 Å². The third-order valence-corrected chi connectivity index (χ3v) is 4.80. The second-order valence-electron chi connectivity index (χ2n) is 4.53. The van der Waals surface area contributed by atoms with Gasteiger partial charge in [-0.3, -0.25) is 0 Å². The molecule has 17 heavy (non-hydrogen) atoms. The number of aromatic nitrogens is 2. The molecule has 1 aromatic heterocycles. The summed E-state index contributed by atoms with van der Waals surface area (Å²) in [6.07, 6.45) is 2.22. The summed E-state index contributed by atoms with van der Waals surface area (Å²) in [6.45, 7) is 2.08. The Kier molecular flexibility index (Phi) is 3.36. The van der Waals surface area contributed by atoms with Crippen LogP contribution in [-0.4, -0.2) is 30.5 Å². The first-order valence-corrected chi connectivity index (χ1v) is 7.59. The number of rotatable bonds is 2. The molecule has 3 rings (SSSR count). The Morgan fingerprint density at radius 3 is 3.06 bits per heavy atom. The van der Waals surface area contributed by atoms with Crippen LogP contribution in [0.4, 0.5) is 0 Å². The van der Waals surface area contributed by atoms with Crippen LogP contribution < -0.4 is 5.32 Å². The fourth-order valence-corrected chi connectivity index (χ4v) is 3.67. The number of fused-ring (bicyclic) bond motifs is 1. The van der Waals surface area contributed by atoms with Gasteiger partial charge < -0.3 is 0 Å². The topological polar surface area (TPSA) is 37.8 Å². The van der Waals surface area contributed by atoms with Gasteiger partial charge in [0.2, 0.25) is 0 Å². The molecule has 3 nitrogen and oxygen atoms in total. The molecule has 0 saturated carbocycles. The maximum absolute atomic E-state index is 4.30. The van der Waals surface area contributed by atoms with Gasteiger partial charge in [0.05, 0.1) is 0 Å². The molecule has 1 N–H and O–H groups in total. The average molecular weight is 292 g/mol. The fraction of sp³-hybridized carbons (Fsp3) is 0.385. The minimum absolute atomic E-state index is 0.268. The van der Waals surface area contributed by atoms with Crippen LogP contribution in [0.3, 0.4) is 0 Å². The van der Waals surface area contributed by atoms with Crippen molar-refractivity contribution >= 4 is 14.7 Å². The molecule has 1 aromatic carbocycles. The Bertz CT molecular complexity index is 480. The normalized spacial score (nSPS) is 19.6. The molecule has 1 unspecified atom stereocenters. The first kappa shape index (κ1) is 11.1. The van der Waals surface area contributed by atoms with E-state index in [0.29, 0.717) is 5.92 Å². The summed E-state index contributed by atoms with van der Waals surface area (Å²) in [6, 6.07) is 10.7. The van der Waals surface area contributed by atoms with E-state index in [1.54, 1.807) is 0 Å². The molecular formula is C13H15N3Se. The van der Waals surface area contributed by atoms with E-state index >= 15 is 0 Å². The Balaban J connectivity index is 1.73. The van der Waals surface area contributed by atoms with Crippen molar-refractivity contribution in [3.05, 3.63) is 46.0 Å². The van der Waals surface area contributed by atoms with Gasteiger partial charge in [-0.1, -0.05) is 0 Å². The number of benzene rings is 1. The summed E-state index contributed by atoms with van der Waals surface area (Å²) < 4.78 is 5.64. The summed E-state index contributed by atoms with van der Waals surface area (Å²) in [4.78, 5) is 0. The van der Waals surface area contributed by atoms with Gasteiger partial charge in [0.1, 0.15) is 0 Å². The monoisotopic (exact) mass is 293 g/mol. The van der Waals surface area contributed by atoms with Crippen molar-refractivity contribution in [1.29, 1.82) is 0 Å². The van der Waals surface area contributed by atoms with Gasteiger partial charge in [-0.05, 0) is 0 Å². The van der Waals surface area contributed by atoms with Crippen molar-refractivity contribution in [2.75, 3.05) is 6.54 Å². The van der Waals surface area contributed by atoms with Gasteiger partial charge in [-0.2, -0.15) is 0 Å². The van der Waals surface area contributed by atoms with Crippen LogP contribution in [0.2, 0.25) is 0 Å². The zero-order valence-corrected chi connectivity index (χ0v) is 11.3. The third-order valence-electron chi connectivity index (χ3n) is 3.20. The van der Waals surface area contributed by atoms with Gasteiger partial charge in [0, 0.05) is 0 Å². The van der Waals surface area contributed by atoms with Gasteiger partial charge in [-0.25, -0.2) is 0 Å². The van der Waals surface area contributed by atoms with E-state index in [1.807, 2.05) is 0 Å². The standard InChI is InChI=1S/C13H15N3Se/c1-2-4-10(5-3-1)6-11-7-12-13(9-14-8-11)17-16-15-12/h1-5,11,14H,6-9H2. The van der Waals surface area contributed by atoms with Crippen molar-refractivity contribution in [3.8, 4) is 0 Å². The van der Waals surface area contributed by atoms with Crippen LogP contribution in [0.15, 0.2) is 30.3 Å². The van der Waals surface area contributed by atoms with Crippen molar-refractivity contribution in [3.63, 3.8) is 0 Å². The minimum atomic E-state index is 0.268. The van der Waals surface area contributed by atoms with Crippen LogP contribution in [0.25, 0.3) is 0 Å². The summed E-state index contributed by atoms with van der Waals surface area (Å²) in [5, 5.41) is 7.83. The Labute approximate surface area is 107 Å². The predicted molar refractivity (Wildman–Crippen MR) is 68.0 cm³/mol. The van der Waals surface area contributed by atoms with Crippen LogP contribution in [-0.2, 0) is 19.4 Å². The molecule has 88 valence electrons. The van der Waals surface area contributed by atoms with Gasteiger partial charge in [0.15, 0.2) is 0 Å². The van der Waals surface area contributed by atoms with Crippen LogP contribution in [0.5, 0.6) is 0 Å². The molecule has 1 aliphatic rings. The second-order valence-corrected chi connectivity index (χ2v) is 6.29. The van der Waals surface area contributed by atoms with Crippen molar-refractivity contribution in [1.82, 2.24) is 14.5 Å². The molecule has 1 atom stereocenters. The molecule has 0 radical (unpaired) electrons. The quantitative estimate of drug-likeness (QED) is 0.841. The molecule has 2 heterocycles. The number of nitrogens with zero attached hydrogens (tertiary/aromatic N) is 2. The number of hydrogen-bond donors (Lipinski definition) is 1. The van der Waals surface area contributed by atoms with E-state index in [9.17, 15) is 0 Å².